The Morgan fingerprint density at radius 2 is 1.75 bits per heavy atom. The van der Waals surface area contributed by atoms with Crippen molar-refractivity contribution in [1.82, 2.24) is 0 Å². The molecule has 0 bridgehead atoms. The molecule has 0 N–H and O–H groups in total. The second-order valence-electron chi connectivity index (χ2n) is 4.97. The lowest BCUT2D eigenvalue weighted by atomic mass is 9.75. The number of alkyl halides is 2. The lowest BCUT2D eigenvalue weighted by Crippen LogP contribution is -2.34. The minimum absolute atomic E-state index is 0.421. The molecule has 16 heavy (non-hydrogen) atoms. The maximum absolute atomic E-state index is 5.66. The van der Waals surface area contributed by atoms with Gasteiger partial charge in [0.25, 0.3) is 0 Å². The van der Waals surface area contributed by atoms with Crippen molar-refractivity contribution in [2.24, 2.45) is 11.3 Å². The van der Waals surface area contributed by atoms with E-state index in [9.17, 15) is 0 Å². The van der Waals surface area contributed by atoms with Crippen LogP contribution < -0.4 is 0 Å². The van der Waals surface area contributed by atoms with Crippen LogP contribution in [0.25, 0.3) is 0 Å². The molecule has 0 saturated heterocycles. The minimum Gasteiger partial charge on any atom is -0.381 e. The van der Waals surface area contributed by atoms with Gasteiger partial charge in [-0.2, -0.15) is 0 Å². The molecule has 1 fully saturated rings. The van der Waals surface area contributed by atoms with E-state index in [0.29, 0.717) is 5.41 Å². The Morgan fingerprint density at radius 3 is 2.25 bits per heavy atom. The Kier molecular flexibility index (Phi) is 7.58. The van der Waals surface area contributed by atoms with Crippen LogP contribution in [0.15, 0.2) is 0 Å². The van der Waals surface area contributed by atoms with Gasteiger partial charge in [-0.1, -0.05) is 51.6 Å². The summed E-state index contributed by atoms with van der Waals surface area (Å²) in [7, 11) is 0. The zero-order valence-electron chi connectivity index (χ0n) is 10.3. The molecule has 3 heteroatoms. The summed E-state index contributed by atoms with van der Waals surface area (Å²) in [4.78, 5) is 0. The normalized spacial score (nSPS) is 18.2. The average Bonchev–Trinajstić information content (AvgIpc) is 2.84. The zero-order chi connectivity index (χ0) is 11.9. The Morgan fingerprint density at radius 1 is 1.12 bits per heavy atom. The third-order valence-electron chi connectivity index (χ3n) is 3.85. The molecule has 1 nitrogen and oxygen atoms in total. The van der Waals surface area contributed by atoms with Gasteiger partial charge in [0.15, 0.2) is 0 Å². The molecule has 96 valence electrons. The third kappa shape index (κ3) is 3.99. The van der Waals surface area contributed by atoms with Crippen LogP contribution in [-0.4, -0.2) is 23.9 Å². The maximum Gasteiger partial charge on any atom is 0.0472 e. The number of hydrogen-bond acceptors (Lipinski definition) is 1. The van der Waals surface area contributed by atoms with Gasteiger partial charge < -0.3 is 4.74 Å². The average molecular weight is 356 g/mol. The molecular formula is C13H24Br2O. The molecule has 1 aliphatic carbocycles. The fraction of sp³-hybridized carbons (Fsp3) is 1.00. The molecule has 1 saturated carbocycles. The summed E-state index contributed by atoms with van der Waals surface area (Å²) in [6.07, 6.45) is 7.97. The lowest BCUT2D eigenvalue weighted by molar-refractivity contribution is 0.0874. The van der Waals surface area contributed by atoms with Crippen molar-refractivity contribution in [3.05, 3.63) is 0 Å². The van der Waals surface area contributed by atoms with Gasteiger partial charge in [-0.25, -0.2) is 0 Å². The SMILES string of the molecule is CCCOCCC(CBr)(CBr)C1CCCC1. The van der Waals surface area contributed by atoms with Crippen LogP contribution in [0, 0.1) is 11.3 Å². The summed E-state index contributed by atoms with van der Waals surface area (Å²) in [5, 5.41) is 2.21. The van der Waals surface area contributed by atoms with Gasteiger partial charge in [-0.3, -0.25) is 0 Å². The van der Waals surface area contributed by atoms with Crippen molar-refractivity contribution in [1.29, 1.82) is 0 Å². The van der Waals surface area contributed by atoms with E-state index >= 15 is 0 Å². The van der Waals surface area contributed by atoms with E-state index in [1.54, 1.807) is 0 Å². The monoisotopic (exact) mass is 354 g/mol. The van der Waals surface area contributed by atoms with Crippen LogP contribution >= 0.6 is 31.9 Å². The predicted octanol–water partition coefficient (Wildman–Crippen LogP) is 4.77. The number of halogens is 2. The Labute approximate surface area is 117 Å². The number of ether oxygens (including phenoxy) is 1. The van der Waals surface area contributed by atoms with E-state index in [-0.39, 0.29) is 0 Å². The number of rotatable bonds is 8. The highest BCUT2D eigenvalue weighted by Gasteiger charge is 2.38. The highest BCUT2D eigenvalue weighted by molar-refractivity contribution is 9.09. The smallest absolute Gasteiger partial charge is 0.0472 e. The molecule has 0 spiro atoms. The standard InChI is InChI=1S/C13H24Br2O/c1-2-8-16-9-7-13(10-14,11-15)12-5-3-4-6-12/h12H,2-11H2,1H3. The van der Waals surface area contributed by atoms with Gasteiger partial charge in [0.05, 0.1) is 0 Å². The second-order valence-corrected chi connectivity index (χ2v) is 6.09. The molecule has 1 aliphatic rings. The van der Waals surface area contributed by atoms with Gasteiger partial charge in [0, 0.05) is 23.9 Å². The van der Waals surface area contributed by atoms with E-state index < -0.39 is 0 Å². The predicted molar refractivity (Wildman–Crippen MR) is 77.7 cm³/mol. The summed E-state index contributed by atoms with van der Waals surface area (Å²) >= 11 is 7.45. The van der Waals surface area contributed by atoms with E-state index in [2.05, 4.69) is 38.8 Å². The molecule has 0 radical (unpaired) electrons. The van der Waals surface area contributed by atoms with Crippen LogP contribution in [0.3, 0.4) is 0 Å². The first-order valence-electron chi connectivity index (χ1n) is 6.48. The molecule has 0 aromatic heterocycles. The van der Waals surface area contributed by atoms with Gasteiger partial charge in [-0.05, 0) is 37.0 Å². The molecule has 0 unspecified atom stereocenters. The van der Waals surface area contributed by atoms with Gasteiger partial charge in [0.2, 0.25) is 0 Å². The molecular weight excluding hydrogens is 332 g/mol. The van der Waals surface area contributed by atoms with Crippen molar-refractivity contribution >= 4 is 31.9 Å². The van der Waals surface area contributed by atoms with Crippen molar-refractivity contribution in [2.75, 3.05) is 23.9 Å². The topological polar surface area (TPSA) is 9.23 Å². The fourth-order valence-corrected chi connectivity index (χ4v) is 5.06. The quantitative estimate of drug-likeness (QED) is 0.450. The van der Waals surface area contributed by atoms with Gasteiger partial charge >= 0.3 is 0 Å². The van der Waals surface area contributed by atoms with Crippen LogP contribution in [-0.2, 0) is 4.74 Å². The Balaban J connectivity index is 2.43. The molecule has 0 heterocycles. The van der Waals surface area contributed by atoms with Crippen LogP contribution in [0.4, 0.5) is 0 Å². The lowest BCUT2D eigenvalue weighted by Gasteiger charge is -2.36. The van der Waals surface area contributed by atoms with Crippen molar-refractivity contribution in [3.8, 4) is 0 Å². The highest BCUT2D eigenvalue weighted by Crippen LogP contribution is 2.44. The molecule has 0 amide bonds. The third-order valence-corrected chi connectivity index (χ3v) is 6.08. The van der Waals surface area contributed by atoms with E-state index in [1.165, 1.54) is 32.1 Å². The first-order chi connectivity index (χ1) is 7.79. The minimum atomic E-state index is 0.421. The van der Waals surface area contributed by atoms with Crippen LogP contribution in [0.5, 0.6) is 0 Å². The summed E-state index contributed by atoms with van der Waals surface area (Å²) < 4.78 is 5.66. The van der Waals surface area contributed by atoms with E-state index in [1.807, 2.05) is 0 Å². The summed E-state index contributed by atoms with van der Waals surface area (Å²) in [5.74, 6) is 0.886. The first-order valence-corrected chi connectivity index (χ1v) is 8.73. The van der Waals surface area contributed by atoms with Crippen LogP contribution in [0.1, 0.15) is 45.4 Å². The van der Waals surface area contributed by atoms with Gasteiger partial charge in [-0.15, -0.1) is 0 Å². The zero-order valence-corrected chi connectivity index (χ0v) is 13.5. The van der Waals surface area contributed by atoms with Crippen molar-refractivity contribution in [2.45, 2.75) is 45.4 Å². The molecule has 1 rings (SSSR count). The highest BCUT2D eigenvalue weighted by atomic mass is 79.9. The largest absolute Gasteiger partial charge is 0.381 e. The van der Waals surface area contributed by atoms with E-state index in [0.717, 1.165) is 36.2 Å². The Hall–Kier alpha value is 0.920. The molecule has 0 aliphatic heterocycles. The molecule has 0 atom stereocenters. The Bertz CT molecular complexity index is 175. The summed E-state index contributed by atoms with van der Waals surface area (Å²) in [5.41, 5.74) is 0.421. The summed E-state index contributed by atoms with van der Waals surface area (Å²) in [6, 6.07) is 0. The maximum atomic E-state index is 5.66. The van der Waals surface area contributed by atoms with Crippen molar-refractivity contribution < 1.29 is 4.74 Å². The summed E-state index contributed by atoms with van der Waals surface area (Å²) in [6.45, 7) is 3.99. The second kappa shape index (κ2) is 8.10. The van der Waals surface area contributed by atoms with E-state index in [4.69, 9.17) is 4.74 Å². The molecule has 0 aromatic rings. The molecule has 0 aromatic carbocycles. The number of hydrogen-bond donors (Lipinski definition) is 0. The first kappa shape index (κ1) is 15.0. The van der Waals surface area contributed by atoms with Crippen molar-refractivity contribution in [3.63, 3.8) is 0 Å². The fourth-order valence-electron chi connectivity index (χ4n) is 2.65. The van der Waals surface area contributed by atoms with Crippen LogP contribution in [0.2, 0.25) is 0 Å². The van der Waals surface area contributed by atoms with Gasteiger partial charge in [0.1, 0.15) is 0 Å².